The Morgan fingerprint density at radius 1 is 0.886 bits per heavy atom. The molecular formula is C26H23N3O6. The van der Waals surface area contributed by atoms with Gasteiger partial charge in [0.2, 0.25) is 11.8 Å². The first-order valence-electron chi connectivity index (χ1n) is 11.5. The Morgan fingerprint density at radius 2 is 1.66 bits per heavy atom. The summed E-state index contributed by atoms with van der Waals surface area (Å²) < 4.78 is 11.8. The number of amides is 4. The van der Waals surface area contributed by atoms with Crippen molar-refractivity contribution in [2.45, 2.75) is 31.7 Å². The molecule has 2 aromatic carbocycles. The van der Waals surface area contributed by atoms with E-state index in [1.165, 1.54) is 0 Å². The molecule has 1 fully saturated rings. The Kier molecular flexibility index (Phi) is 6.13. The van der Waals surface area contributed by atoms with Crippen LogP contribution in [0.3, 0.4) is 0 Å². The fraction of sp³-hybridized carbons (Fsp3) is 0.269. The van der Waals surface area contributed by atoms with Gasteiger partial charge in [-0.15, -0.1) is 0 Å². The molecule has 1 aromatic heterocycles. The summed E-state index contributed by atoms with van der Waals surface area (Å²) in [4.78, 5) is 54.9. The van der Waals surface area contributed by atoms with Crippen molar-refractivity contribution in [2.24, 2.45) is 0 Å². The molecule has 4 amide bonds. The molecule has 2 aliphatic heterocycles. The predicted molar refractivity (Wildman–Crippen MR) is 125 cm³/mol. The number of carbonyl (C=O) groups excluding carboxylic acids is 4. The molecule has 1 saturated heterocycles. The topological polar surface area (TPSA) is 115 Å². The van der Waals surface area contributed by atoms with Crippen molar-refractivity contribution >= 4 is 34.5 Å². The number of aromatic nitrogens is 1. The highest BCUT2D eigenvalue weighted by Crippen LogP contribution is 2.33. The van der Waals surface area contributed by atoms with Crippen LogP contribution in [0.4, 0.5) is 0 Å². The number of rotatable bonds is 8. The van der Waals surface area contributed by atoms with Gasteiger partial charge in [0.25, 0.3) is 11.8 Å². The van der Waals surface area contributed by atoms with E-state index in [1.54, 1.807) is 24.4 Å². The van der Waals surface area contributed by atoms with Gasteiger partial charge in [0.15, 0.2) is 0 Å². The van der Waals surface area contributed by atoms with E-state index in [4.69, 9.17) is 9.47 Å². The SMILES string of the molecule is O=C1CCC(N2C(=O)c3cccc(OCCCCOc4ccnc5ccccc45)c3C2=O)C(=O)N1. The number of nitrogens with one attached hydrogen (secondary N) is 1. The Labute approximate surface area is 201 Å². The second-order valence-corrected chi connectivity index (χ2v) is 8.36. The lowest BCUT2D eigenvalue weighted by Gasteiger charge is -2.27. The average Bonchev–Trinajstić information content (AvgIpc) is 3.12. The number of benzene rings is 2. The Morgan fingerprint density at radius 3 is 2.46 bits per heavy atom. The number of hydrogen-bond donors (Lipinski definition) is 1. The van der Waals surface area contributed by atoms with Gasteiger partial charge in [-0.05, 0) is 49.6 Å². The minimum atomic E-state index is -1.01. The van der Waals surface area contributed by atoms with Crippen LogP contribution in [0.15, 0.2) is 54.7 Å². The zero-order chi connectivity index (χ0) is 24.4. The molecule has 1 unspecified atom stereocenters. The highest BCUT2D eigenvalue weighted by molar-refractivity contribution is 6.24. The lowest BCUT2D eigenvalue weighted by molar-refractivity contribution is -0.136. The summed E-state index contributed by atoms with van der Waals surface area (Å²) in [5, 5.41) is 3.15. The summed E-state index contributed by atoms with van der Waals surface area (Å²) in [6, 6.07) is 13.4. The Hall–Kier alpha value is -4.27. The largest absolute Gasteiger partial charge is 0.493 e. The van der Waals surface area contributed by atoms with Crippen molar-refractivity contribution in [3.8, 4) is 11.5 Å². The molecular weight excluding hydrogens is 450 g/mol. The number of fused-ring (bicyclic) bond motifs is 2. The maximum atomic E-state index is 13.1. The van der Waals surface area contributed by atoms with Crippen molar-refractivity contribution in [3.63, 3.8) is 0 Å². The van der Waals surface area contributed by atoms with E-state index in [9.17, 15) is 19.2 Å². The molecule has 2 aliphatic rings. The molecule has 9 nitrogen and oxygen atoms in total. The average molecular weight is 473 g/mol. The van der Waals surface area contributed by atoms with E-state index in [2.05, 4.69) is 10.3 Å². The van der Waals surface area contributed by atoms with Crippen molar-refractivity contribution in [1.82, 2.24) is 15.2 Å². The maximum Gasteiger partial charge on any atom is 0.266 e. The van der Waals surface area contributed by atoms with Crippen molar-refractivity contribution < 1.29 is 28.7 Å². The normalized spacial score (nSPS) is 17.5. The summed E-state index contributed by atoms with van der Waals surface area (Å²) >= 11 is 0. The molecule has 5 rings (SSSR count). The molecule has 1 N–H and O–H groups in total. The Balaban J connectivity index is 1.18. The van der Waals surface area contributed by atoms with Crippen LogP contribution in [0.5, 0.6) is 11.5 Å². The number of nitrogens with zero attached hydrogens (tertiary/aromatic N) is 2. The minimum Gasteiger partial charge on any atom is -0.493 e. The zero-order valence-corrected chi connectivity index (χ0v) is 18.9. The van der Waals surface area contributed by atoms with Crippen molar-refractivity contribution in [2.75, 3.05) is 13.2 Å². The Bertz CT molecular complexity index is 1330. The summed E-state index contributed by atoms with van der Waals surface area (Å²) in [6.07, 6.45) is 3.30. The third kappa shape index (κ3) is 4.32. The first-order chi connectivity index (χ1) is 17.0. The molecule has 9 heteroatoms. The van der Waals surface area contributed by atoms with E-state index in [-0.39, 0.29) is 24.0 Å². The van der Waals surface area contributed by atoms with Gasteiger partial charge in [-0.2, -0.15) is 0 Å². The first kappa shape index (κ1) is 22.5. The van der Waals surface area contributed by atoms with Crippen LogP contribution in [0.2, 0.25) is 0 Å². The van der Waals surface area contributed by atoms with Gasteiger partial charge in [0, 0.05) is 18.0 Å². The van der Waals surface area contributed by atoms with Gasteiger partial charge in [-0.25, -0.2) is 0 Å². The standard InChI is InChI=1S/C26H23N3O6/c30-22-11-10-19(24(31)28-22)29-25(32)17-7-5-9-21(23(17)26(29)33)35-15-4-3-14-34-20-12-13-27-18-8-2-1-6-16(18)20/h1-2,5-9,12-13,19H,3-4,10-11,14-15H2,(H,28,30,31). The van der Waals surface area contributed by atoms with E-state index < -0.39 is 29.7 Å². The lowest BCUT2D eigenvalue weighted by Crippen LogP contribution is -2.54. The van der Waals surface area contributed by atoms with Crippen molar-refractivity contribution in [3.05, 3.63) is 65.9 Å². The molecule has 3 aromatic rings. The molecule has 1 atom stereocenters. The molecule has 35 heavy (non-hydrogen) atoms. The van der Waals surface area contributed by atoms with E-state index >= 15 is 0 Å². The van der Waals surface area contributed by atoms with Crippen LogP contribution in [-0.2, 0) is 9.59 Å². The van der Waals surface area contributed by atoms with Crippen LogP contribution in [0.1, 0.15) is 46.4 Å². The van der Waals surface area contributed by atoms with Gasteiger partial charge in [0.1, 0.15) is 17.5 Å². The summed E-state index contributed by atoms with van der Waals surface area (Å²) in [6.45, 7) is 0.821. The van der Waals surface area contributed by atoms with E-state index in [1.807, 2.05) is 30.3 Å². The number of ether oxygens (including phenoxy) is 2. The van der Waals surface area contributed by atoms with Crippen LogP contribution in [0, 0.1) is 0 Å². The van der Waals surface area contributed by atoms with Crippen LogP contribution in [-0.4, -0.2) is 52.8 Å². The molecule has 0 radical (unpaired) electrons. The number of para-hydroxylation sites is 1. The number of carbonyl (C=O) groups is 4. The maximum absolute atomic E-state index is 13.1. The predicted octanol–water partition coefficient (Wildman–Crippen LogP) is 2.87. The number of pyridine rings is 1. The molecule has 178 valence electrons. The van der Waals surface area contributed by atoms with Crippen LogP contribution in [0.25, 0.3) is 10.9 Å². The molecule has 3 heterocycles. The van der Waals surface area contributed by atoms with Gasteiger partial charge < -0.3 is 9.47 Å². The summed E-state index contributed by atoms with van der Waals surface area (Å²) in [5.74, 6) is -1.11. The van der Waals surface area contributed by atoms with Gasteiger partial charge >= 0.3 is 0 Å². The van der Waals surface area contributed by atoms with E-state index in [0.29, 0.717) is 25.4 Å². The molecule has 0 aliphatic carbocycles. The summed E-state index contributed by atoms with van der Waals surface area (Å²) in [5.41, 5.74) is 1.23. The fourth-order valence-corrected chi connectivity index (χ4v) is 4.37. The number of piperidine rings is 1. The zero-order valence-electron chi connectivity index (χ0n) is 18.9. The second-order valence-electron chi connectivity index (χ2n) is 8.36. The van der Waals surface area contributed by atoms with Gasteiger partial charge in [-0.1, -0.05) is 18.2 Å². The quantitative estimate of drug-likeness (QED) is 0.395. The highest BCUT2D eigenvalue weighted by atomic mass is 16.5. The first-order valence-corrected chi connectivity index (χ1v) is 11.5. The smallest absolute Gasteiger partial charge is 0.266 e. The number of unbranched alkanes of at least 4 members (excludes halogenated alkanes) is 1. The van der Waals surface area contributed by atoms with Crippen LogP contribution < -0.4 is 14.8 Å². The van der Waals surface area contributed by atoms with Crippen LogP contribution >= 0.6 is 0 Å². The van der Waals surface area contributed by atoms with E-state index in [0.717, 1.165) is 28.0 Å². The third-order valence-electron chi connectivity index (χ3n) is 6.09. The second kappa shape index (κ2) is 9.54. The third-order valence-corrected chi connectivity index (χ3v) is 6.09. The summed E-state index contributed by atoms with van der Waals surface area (Å²) in [7, 11) is 0. The fourth-order valence-electron chi connectivity index (χ4n) is 4.37. The highest BCUT2D eigenvalue weighted by Gasteiger charge is 2.45. The molecule has 0 spiro atoms. The van der Waals surface area contributed by atoms with Gasteiger partial charge in [0.05, 0.1) is 29.9 Å². The monoisotopic (exact) mass is 473 g/mol. The minimum absolute atomic E-state index is 0.0739. The van der Waals surface area contributed by atoms with Crippen molar-refractivity contribution in [1.29, 1.82) is 0 Å². The number of hydrogen-bond acceptors (Lipinski definition) is 7. The van der Waals surface area contributed by atoms with Gasteiger partial charge in [-0.3, -0.25) is 34.4 Å². The molecule has 0 saturated carbocycles. The number of imide groups is 2. The molecule has 0 bridgehead atoms. The lowest BCUT2D eigenvalue weighted by atomic mass is 10.0.